The largest absolute Gasteiger partial charge is 0.423 e. The number of amides is 1. The number of nitrogens with zero attached hydrogens (tertiary/aromatic N) is 5. The molecular weight excluding hydrogens is 310 g/mol. The lowest BCUT2D eigenvalue weighted by Crippen LogP contribution is -2.46. The molecular formula is C16H17N5O3. The molecule has 1 aliphatic rings. The molecule has 8 heteroatoms. The fourth-order valence-corrected chi connectivity index (χ4v) is 2.92. The summed E-state index contributed by atoms with van der Waals surface area (Å²) in [5, 5.41) is 7.85. The molecule has 8 nitrogen and oxygen atoms in total. The molecule has 2 atom stereocenters. The van der Waals surface area contributed by atoms with Gasteiger partial charge in [-0.15, -0.1) is 10.2 Å². The second-order valence-corrected chi connectivity index (χ2v) is 5.95. The average molecular weight is 327 g/mol. The third-order valence-electron chi connectivity index (χ3n) is 4.02. The zero-order valence-electron chi connectivity index (χ0n) is 13.4. The number of rotatable bonds is 2. The molecule has 1 fully saturated rings. The van der Waals surface area contributed by atoms with Crippen molar-refractivity contribution in [1.82, 2.24) is 24.5 Å². The van der Waals surface area contributed by atoms with E-state index < -0.39 is 6.10 Å². The number of carbonyl (C=O) groups excluding carboxylic acids is 1. The Balaban J connectivity index is 1.58. The highest BCUT2D eigenvalue weighted by molar-refractivity contribution is 5.94. The Morgan fingerprint density at radius 2 is 2.17 bits per heavy atom. The minimum Gasteiger partial charge on any atom is -0.423 e. The molecule has 0 spiro atoms. The van der Waals surface area contributed by atoms with Crippen LogP contribution in [0.25, 0.3) is 5.52 Å². The minimum absolute atomic E-state index is 0.0537. The first-order valence-corrected chi connectivity index (χ1v) is 7.76. The fourth-order valence-electron chi connectivity index (χ4n) is 2.92. The van der Waals surface area contributed by atoms with Gasteiger partial charge >= 0.3 is 0 Å². The van der Waals surface area contributed by atoms with E-state index >= 15 is 0 Å². The average Bonchev–Trinajstić information content (AvgIpc) is 3.21. The van der Waals surface area contributed by atoms with E-state index in [4.69, 9.17) is 9.15 Å². The molecule has 1 amide bonds. The second kappa shape index (κ2) is 5.72. The quantitative estimate of drug-likeness (QED) is 0.711. The summed E-state index contributed by atoms with van der Waals surface area (Å²) in [7, 11) is 0. The lowest BCUT2D eigenvalue weighted by Gasteiger charge is -2.35. The van der Waals surface area contributed by atoms with Gasteiger partial charge in [-0.1, -0.05) is 0 Å². The molecule has 3 aromatic heterocycles. The van der Waals surface area contributed by atoms with Gasteiger partial charge in [0.15, 0.2) is 6.10 Å². The smallest absolute Gasteiger partial charge is 0.255 e. The van der Waals surface area contributed by atoms with Gasteiger partial charge in [0.1, 0.15) is 0 Å². The van der Waals surface area contributed by atoms with Gasteiger partial charge in [0.05, 0.1) is 36.3 Å². The van der Waals surface area contributed by atoms with E-state index in [-0.39, 0.29) is 12.0 Å². The van der Waals surface area contributed by atoms with Crippen molar-refractivity contribution >= 4 is 11.4 Å². The first kappa shape index (κ1) is 14.8. The van der Waals surface area contributed by atoms with Crippen LogP contribution in [-0.2, 0) is 4.74 Å². The molecule has 0 unspecified atom stereocenters. The van der Waals surface area contributed by atoms with E-state index in [1.54, 1.807) is 30.5 Å². The zero-order chi connectivity index (χ0) is 16.7. The number of imidazole rings is 1. The first-order chi connectivity index (χ1) is 11.6. The third-order valence-corrected chi connectivity index (χ3v) is 4.02. The molecule has 0 bridgehead atoms. The Morgan fingerprint density at radius 3 is 2.96 bits per heavy atom. The summed E-state index contributed by atoms with van der Waals surface area (Å²) in [6, 6.07) is 3.69. The van der Waals surface area contributed by atoms with Gasteiger partial charge in [0.2, 0.25) is 11.8 Å². The van der Waals surface area contributed by atoms with E-state index in [9.17, 15) is 4.79 Å². The zero-order valence-corrected chi connectivity index (χ0v) is 13.4. The summed E-state index contributed by atoms with van der Waals surface area (Å²) in [5.41, 5.74) is 1.55. The molecule has 4 rings (SSSR count). The topological polar surface area (TPSA) is 85.8 Å². The van der Waals surface area contributed by atoms with Crippen molar-refractivity contribution in [2.75, 3.05) is 13.1 Å². The Labute approximate surface area is 138 Å². The van der Waals surface area contributed by atoms with Gasteiger partial charge in [0, 0.05) is 19.7 Å². The molecule has 0 saturated carbocycles. The Hall–Kier alpha value is -2.74. The van der Waals surface area contributed by atoms with Crippen LogP contribution < -0.4 is 0 Å². The van der Waals surface area contributed by atoms with Crippen molar-refractivity contribution in [2.45, 2.75) is 26.1 Å². The Bertz CT molecular complexity index is 887. The molecule has 0 N–H and O–H groups in total. The number of hydrogen-bond acceptors (Lipinski definition) is 6. The fraction of sp³-hybridized carbons (Fsp3) is 0.375. The molecule has 124 valence electrons. The van der Waals surface area contributed by atoms with E-state index in [1.807, 2.05) is 23.5 Å². The van der Waals surface area contributed by atoms with Gasteiger partial charge in [-0.2, -0.15) is 0 Å². The van der Waals surface area contributed by atoms with Crippen LogP contribution >= 0.6 is 0 Å². The second-order valence-electron chi connectivity index (χ2n) is 5.95. The predicted molar refractivity (Wildman–Crippen MR) is 83.4 cm³/mol. The maximum atomic E-state index is 12.9. The molecule has 4 heterocycles. The van der Waals surface area contributed by atoms with Gasteiger partial charge in [-0.25, -0.2) is 4.98 Å². The highest BCUT2D eigenvalue weighted by atomic mass is 16.5. The van der Waals surface area contributed by atoms with Crippen molar-refractivity contribution in [3.8, 4) is 0 Å². The lowest BCUT2D eigenvalue weighted by molar-refractivity contribution is -0.0796. The van der Waals surface area contributed by atoms with E-state index in [1.165, 1.54) is 0 Å². The van der Waals surface area contributed by atoms with Crippen LogP contribution in [0.4, 0.5) is 0 Å². The highest BCUT2D eigenvalue weighted by Gasteiger charge is 2.33. The number of aromatic nitrogens is 4. The molecule has 1 aliphatic heterocycles. The number of ether oxygens (including phenoxy) is 1. The normalized spacial score (nSPS) is 21.3. The molecule has 0 aliphatic carbocycles. The minimum atomic E-state index is -0.407. The van der Waals surface area contributed by atoms with Crippen LogP contribution in [0.5, 0.6) is 0 Å². The number of pyridine rings is 1. The SMILES string of the molecule is Cc1nnc([C@H]2CN(C(=O)c3ccc4cncn4c3)C[C@@H](C)O2)o1. The van der Waals surface area contributed by atoms with Crippen molar-refractivity contribution in [3.05, 3.63) is 48.2 Å². The maximum absolute atomic E-state index is 12.9. The number of hydrogen-bond donors (Lipinski definition) is 0. The van der Waals surface area contributed by atoms with Gasteiger partial charge in [0.25, 0.3) is 5.91 Å². The molecule has 3 aromatic rings. The van der Waals surface area contributed by atoms with Crippen LogP contribution in [0.2, 0.25) is 0 Å². The summed E-state index contributed by atoms with van der Waals surface area (Å²) in [4.78, 5) is 18.7. The molecule has 0 radical (unpaired) electrons. The van der Waals surface area contributed by atoms with Crippen LogP contribution in [0, 0.1) is 6.92 Å². The van der Waals surface area contributed by atoms with Gasteiger partial charge in [-0.3, -0.25) is 4.79 Å². The van der Waals surface area contributed by atoms with Crippen LogP contribution in [0.3, 0.4) is 0 Å². The predicted octanol–water partition coefficient (Wildman–Crippen LogP) is 1.63. The lowest BCUT2D eigenvalue weighted by atomic mass is 10.1. The number of morpholine rings is 1. The summed E-state index contributed by atoms with van der Waals surface area (Å²) in [5.74, 6) is 0.833. The number of aryl methyl sites for hydroxylation is 1. The highest BCUT2D eigenvalue weighted by Crippen LogP contribution is 2.25. The summed E-state index contributed by atoms with van der Waals surface area (Å²) in [6.07, 6.45) is 4.70. The van der Waals surface area contributed by atoms with E-state index in [0.717, 1.165) is 5.52 Å². The van der Waals surface area contributed by atoms with Crippen molar-refractivity contribution in [3.63, 3.8) is 0 Å². The molecule has 0 aromatic carbocycles. The summed E-state index contributed by atoms with van der Waals surface area (Å²) in [6.45, 7) is 4.55. The Morgan fingerprint density at radius 1 is 1.29 bits per heavy atom. The van der Waals surface area contributed by atoms with Crippen molar-refractivity contribution in [1.29, 1.82) is 0 Å². The molecule has 1 saturated heterocycles. The van der Waals surface area contributed by atoms with E-state index in [2.05, 4.69) is 15.2 Å². The summed E-state index contributed by atoms with van der Waals surface area (Å²) < 4.78 is 13.1. The van der Waals surface area contributed by atoms with Crippen LogP contribution in [-0.4, -0.2) is 49.6 Å². The van der Waals surface area contributed by atoms with Crippen LogP contribution in [0.15, 0.2) is 35.3 Å². The first-order valence-electron chi connectivity index (χ1n) is 7.76. The number of carbonyl (C=O) groups is 1. The molecule has 24 heavy (non-hydrogen) atoms. The van der Waals surface area contributed by atoms with Gasteiger partial charge < -0.3 is 18.5 Å². The van der Waals surface area contributed by atoms with Crippen molar-refractivity contribution < 1.29 is 13.9 Å². The third kappa shape index (κ3) is 2.65. The monoisotopic (exact) mass is 327 g/mol. The number of fused-ring (bicyclic) bond motifs is 1. The summed E-state index contributed by atoms with van der Waals surface area (Å²) >= 11 is 0. The van der Waals surface area contributed by atoms with E-state index in [0.29, 0.717) is 30.4 Å². The Kier molecular flexibility index (Phi) is 3.53. The van der Waals surface area contributed by atoms with Crippen molar-refractivity contribution in [2.24, 2.45) is 0 Å². The standard InChI is InChI=1S/C16H17N5O3/c1-10-6-20(8-14(23-10)15-19-18-11(2)24-15)16(22)12-3-4-13-5-17-9-21(13)7-12/h3-5,7,9-10,14H,6,8H2,1-2H3/t10-,14-/m1/s1. The van der Waals surface area contributed by atoms with Gasteiger partial charge in [-0.05, 0) is 19.1 Å². The maximum Gasteiger partial charge on any atom is 0.255 e. The van der Waals surface area contributed by atoms with Crippen LogP contribution in [0.1, 0.15) is 35.2 Å².